The highest BCUT2D eigenvalue weighted by Crippen LogP contribution is 2.19. The van der Waals surface area contributed by atoms with Crippen LogP contribution in [0.3, 0.4) is 0 Å². The van der Waals surface area contributed by atoms with E-state index < -0.39 is 0 Å². The molecule has 0 aliphatic heterocycles. The molecule has 2 aromatic rings. The average Bonchev–Trinajstić information content (AvgIpc) is 2.39. The van der Waals surface area contributed by atoms with Crippen LogP contribution in [0, 0.1) is 6.92 Å². The fourth-order valence-corrected chi connectivity index (χ4v) is 2.08. The lowest BCUT2D eigenvalue weighted by atomic mass is 10.1. The molecule has 0 aliphatic carbocycles. The van der Waals surface area contributed by atoms with E-state index in [2.05, 4.69) is 17.2 Å². The van der Waals surface area contributed by atoms with Crippen molar-refractivity contribution >= 4 is 11.6 Å². The van der Waals surface area contributed by atoms with Crippen LogP contribution in [0.5, 0.6) is 5.75 Å². The van der Waals surface area contributed by atoms with Crippen LogP contribution in [-0.2, 0) is 6.54 Å². The Bertz CT molecular complexity index is 572. The largest absolute Gasteiger partial charge is 0.506 e. The van der Waals surface area contributed by atoms with Gasteiger partial charge >= 0.3 is 0 Å². The Morgan fingerprint density at radius 2 is 2.11 bits per heavy atom. The van der Waals surface area contributed by atoms with Gasteiger partial charge in [0.2, 0.25) is 0 Å². The minimum Gasteiger partial charge on any atom is -0.506 e. The molecule has 1 heterocycles. The van der Waals surface area contributed by atoms with Crippen LogP contribution in [0.2, 0.25) is 5.02 Å². The number of hydrogen-bond acceptors (Lipinski definition) is 3. The predicted octanol–water partition coefficient (Wildman–Crippen LogP) is 3.60. The molecule has 4 heteroatoms. The van der Waals surface area contributed by atoms with Gasteiger partial charge in [-0.2, -0.15) is 0 Å². The molecule has 0 saturated carbocycles. The van der Waals surface area contributed by atoms with Gasteiger partial charge in [-0.25, -0.2) is 0 Å². The molecule has 0 aliphatic rings. The minimum absolute atomic E-state index is 0.139. The number of aromatic nitrogens is 1. The Balaban J connectivity index is 2.04. The van der Waals surface area contributed by atoms with Gasteiger partial charge in [0.05, 0.1) is 5.69 Å². The van der Waals surface area contributed by atoms with Crippen molar-refractivity contribution in [1.29, 1.82) is 0 Å². The predicted molar refractivity (Wildman–Crippen MR) is 77.3 cm³/mol. The van der Waals surface area contributed by atoms with E-state index in [4.69, 9.17) is 11.6 Å². The van der Waals surface area contributed by atoms with Crippen molar-refractivity contribution in [2.75, 3.05) is 0 Å². The first-order chi connectivity index (χ1) is 9.06. The van der Waals surface area contributed by atoms with Crippen molar-refractivity contribution < 1.29 is 5.11 Å². The Morgan fingerprint density at radius 3 is 2.84 bits per heavy atom. The Labute approximate surface area is 118 Å². The van der Waals surface area contributed by atoms with E-state index in [1.807, 2.05) is 31.2 Å². The van der Waals surface area contributed by atoms with Gasteiger partial charge in [0.1, 0.15) is 5.75 Å². The molecule has 0 saturated heterocycles. The quantitative estimate of drug-likeness (QED) is 0.897. The van der Waals surface area contributed by atoms with E-state index in [-0.39, 0.29) is 11.8 Å². The topological polar surface area (TPSA) is 45.1 Å². The summed E-state index contributed by atoms with van der Waals surface area (Å²) in [6.45, 7) is 4.48. The molecule has 2 N–H and O–H groups in total. The number of nitrogens with zero attached hydrogens (tertiary/aromatic N) is 1. The molecule has 0 radical (unpaired) electrons. The van der Waals surface area contributed by atoms with Crippen molar-refractivity contribution in [2.45, 2.75) is 26.4 Å². The van der Waals surface area contributed by atoms with Crippen LogP contribution in [0.4, 0.5) is 0 Å². The smallest absolute Gasteiger partial charge is 0.138 e. The zero-order valence-electron chi connectivity index (χ0n) is 11.0. The Hall–Kier alpha value is -1.58. The number of pyridine rings is 1. The van der Waals surface area contributed by atoms with Gasteiger partial charge in [0, 0.05) is 23.3 Å². The van der Waals surface area contributed by atoms with Gasteiger partial charge < -0.3 is 10.4 Å². The fourth-order valence-electron chi connectivity index (χ4n) is 1.88. The molecule has 0 bridgehead atoms. The van der Waals surface area contributed by atoms with Gasteiger partial charge in [-0.1, -0.05) is 23.7 Å². The first-order valence-corrected chi connectivity index (χ1v) is 6.58. The highest BCUT2D eigenvalue weighted by atomic mass is 35.5. The molecule has 0 spiro atoms. The number of nitrogens with one attached hydrogen (secondary N) is 1. The molecular formula is C15H17ClN2O. The second kappa shape index (κ2) is 6.04. The second-order valence-electron chi connectivity index (χ2n) is 4.58. The lowest BCUT2D eigenvalue weighted by Gasteiger charge is -2.15. The maximum absolute atomic E-state index is 9.74. The third-order valence-corrected chi connectivity index (χ3v) is 3.25. The number of aromatic hydroxyl groups is 1. The molecule has 1 aromatic heterocycles. The average molecular weight is 277 g/mol. The van der Waals surface area contributed by atoms with Gasteiger partial charge in [-0.15, -0.1) is 0 Å². The number of halogens is 1. The highest BCUT2D eigenvalue weighted by molar-refractivity contribution is 6.30. The Kier molecular flexibility index (Phi) is 4.40. The molecule has 19 heavy (non-hydrogen) atoms. The maximum Gasteiger partial charge on any atom is 0.138 e. The van der Waals surface area contributed by atoms with Crippen molar-refractivity contribution in [3.63, 3.8) is 0 Å². The standard InChI is InChI=1S/C15H17ClN2O/c1-10-6-7-15(19)14(18-10)9-17-11(2)12-4-3-5-13(16)8-12/h3-8,11,17,19H,9H2,1-2H3. The van der Waals surface area contributed by atoms with E-state index >= 15 is 0 Å². The summed E-state index contributed by atoms with van der Waals surface area (Å²) in [5, 5.41) is 13.8. The lowest BCUT2D eigenvalue weighted by molar-refractivity contribution is 0.454. The van der Waals surface area contributed by atoms with Crippen LogP contribution in [0.15, 0.2) is 36.4 Å². The summed E-state index contributed by atoms with van der Waals surface area (Å²) in [6.07, 6.45) is 0. The van der Waals surface area contributed by atoms with Crippen LogP contribution in [-0.4, -0.2) is 10.1 Å². The van der Waals surface area contributed by atoms with Gasteiger partial charge in [0.15, 0.2) is 0 Å². The summed E-state index contributed by atoms with van der Waals surface area (Å²) < 4.78 is 0. The molecule has 2 rings (SSSR count). The van der Waals surface area contributed by atoms with Gasteiger partial charge in [-0.3, -0.25) is 4.98 Å². The molecular weight excluding hydrogens is 260 g/mol. The van der Waals surface area contributed by atoms with E-state index in [1.54, 1.807) is 12.1 Å². The summed E-state index contributed by atoms with van der Waals surface area (Å²) in [6, 6.07) is 11.3. The molecule has 0 fully saturated rings. The zero-order chi connectivity index (χ0) is 13.8. The molecule has 100 valence electrons. The molecule has 1 unspecified atom stereocenters. The molecule has 1 atom stereocenters. The normalized spacial score (nSPS) is 12.4. The number of benzene rings is 1. The van der Waals surface area contributed by atoms with Crippen LogP contribution < -0.4 is 5.32 Å². The van der Waals surface area contributed by atoms with E-state index in [9.17, 15) is 5.11 Å². The van der Waals surface area contributed by atoms with Crippen molar-refractivity contribution in [2.24, 2.45) is 0 Å². The number of rotatable bonds is 4. The highest BCUT2D eigenvalue weighted by Gasteiger charge is 2.08. The van der Waals surface area contributed by atoms with Crippen LogP contribution >= 0.6 is 11.6 Å². The summed E-state index contributed by atoms with van der Waals surface area (Å²) >= 11 is 5.97. The first-order valence-electron chi connectivity index (χ1n) is 6.20. The third kappa shape index (κ3) is 3.69. The van der Waals surface area contributed by atoms with Crippen molar-refractivity contribution in [1.82, 2.24) is 10.3 Å². The SMILES string of the molecule is Cc1ccc(O)c(CNC(C)c2cccc(Cl)c2)n1. The summed E-state index contributed by atoms with van der Waals surface area (Å²) in [4.78, 5) is 4.32. The summed E-state index contributed by atoms with van der Waals surface area (Å²) in [7, 11) is 0. The zero-order valence-corrected chi connectivity index (χ0v) is 11.8. The number of hydrogen-bond donors (Lipinski definition) is 2. The molecule has 3 nitrogen and oxygen atoms in total. The Morgan fingerprint density at radius 1 is 1.32 bits per heavy atom. The monoisotopic (exact) mass is 276 g/mol. The first kappa shape index (κ1) is 13.8. The van der Waals surface area contributed by atoms with E-state index in [1.165, 1.54) is 0 Å². The molecule has 1 aromatic carbocycles. The van der Waals surface area contributed by atoms with Crippen LogP contribution in [0.1, 0.15) is 29.9 Å². The third-order valence-electron chi connectivity index (χ3n) is 3.01. The van der Waals surface area contributed by atoms with Crippen molar-refractivity contribution in [3.8, 4) is 5.75 Å². The number of aryl methyl sites for hydroxylation is 1. The fraction of sp³-hybridized carbons (Fsp3) is 0.267. The summed E-state index contributed by atoms with van der Waals surface area (Å²) in [5.41, 5.74) is 2.67. The van der Waals surface area contributed by atoms with E-state index in [0.29, 0.717) is 12.2 Å². The van der Waals surface area contributed by atoms with Crippen molar-refractivity contribution in [3.05, 3.63) is 58.4 Å². The van der Waals surface area contributed by atoms with E-state index in [0.717, 1.165) is 16.3 Å². The molecule has 0 amide bonds. The second-order valence-corrected chi connectivity index (χ2v) is 5.01. The van der Waals surface area contributed by atoms with Gasteiger partial charge in [-0.05, 0) is 43.7 Å². The van der Waals surface area contributed by atoms with Gasteiger partial charge in [0.25, 0.3) is 0 Å². The maximum atomic E-state index is 9.74. The lowest BCUT2D eigenvalue weighted by Crippen LogP contribution is -2.19. The minimum atomic E-state index is 0.139. The van der Waals surface area contributed by atoms with Crippen LogP contribution in [0.25, 0.3) is 0 Å². The summed E-state index contributed by atoms with van der Waals surface area (Å²) in [5.74, 6) is 0.219.